The number of nitrogens with one attached hydrogen (secondary N) is 1. The molecule has 0 aromatic carbocycles. The molecule has 0 saturated carbocycles. The molecule has 0 radical (unpaired) electrons. The van der Waals surface area contributed by atoms with Crippen molar-refractivity contribution in [3.63, 3.8) is 0 Å². The van der Waals surface area contributed by atoms with Gasteiger partial charge in [0.25, 0.3) is 0 Å². The van der Waals surface area contributed by atoms with Crippen molar-refractivity contribution < 1.29 is 18.3 Å². The second kappa shape index (κ2) is 4.42. The first-order chi connectivity index (χ1) is 5.35. The fraction of sp³-hybridized carbons (Fsp3) is 0.833. The van der Waals surface area contributed by atoms with Crippen molar-refractivity contribution in [1.29, 1.82) is 0 Å². The van der Waals surface area contributed by atoms with E-state index < -0.39 is 22.0 Å². The molecule has 0 fully saturated rings. The van der Waals surface area contributed by atoms with Gasteiger partial charge in [0.05, 0.1) is 12.7 Å². The van der Waals surface area contributed by atoms with Crippen LogP contribution in [0.4, 0.5) is 0 Å². The maximum atomic E-state index is 10.7. The van der Waals surface area contributed by atoms with Gasteiger partial charge in [0.2, 0.25) is 10.0 Å². The number of carboxylic acids is 1. The largest absolute Gasteiger partial charge is 0.481 e. The Morgan fingerprint density at radius 1 is 1.58 bits per heavy atom. The molecule has 0 rings (SSSR count). The summed E-state index contributed by atoms with van der Waals surface area (Å²) in [6.45, 7) is 1.73. The molecule has 0 spiro atoms. The van der Waals surface area contributed by atoms with Gasteiger partial charge in [-0.1, -0.05) is 6.92 Å². The van der Waals surface area contributed by atoms with Gasteiger partial charge in [0.1, 0.15) is 0 Å². The van der Waals surface area contributed by atoms with E-state index in [0.717, 1.165) is 6.26 Å². The van der Waals surface area contributed by atoms with Crippen LogP contribution in [0.25, 0.3) is 0 Å². The molecule has 72 valence electrons. The zero-order valence-electron chi connectivity index (χ0n) is 7.07. The average molecular weight is 195 g/mol. The summed E-state index contributed by atoms with van der Waals surface area (Å²) >= 11 is 0. The molecule has 2 N–H and O–H groups in total. The number of hydrogen-bond acceptors (Lipinski definition) is 3. The summed E-state index contributed by atoms with van der Waals surface area (Å²) in [7, 11) is -3.29. The Balaban J connectivity index is 4.10. The second-order valence-electron chi connectivity index (χ2n) is 2.59. The Bertz CT molecular complexity index is 246. The molecule has 5 nitrogen and oxygen atoms in total. The zero-order valence-corrected chi connectivity index (χ0v) is 7.89. The summed E-state index contributed by atoms with van der Waals surface area (Å²) in [5.41, 5.74) is 0. The summed E-state index contributed by atoms with van der Waals surface area (Å²) < 4.78 is 23.6. The number of carboxylic acid groups (broad SMARTS) is 1. The zero-order chi connectivity index (χ0) is 9.78. The van der Waals surface area contributed by atoms with Gasteiger partial charge in [0, 0.05) is 6.04 Å². The van der Waals surface area contributed by atoms with Gasteiger partial charge in [-0.2, -0.15) is 0 Å². The van der Waals surface area contributed by atoms with E-state index in [1.807, 2.05) is 0 Å². The number of sulfonamides is 1. The van der Waals surface area contributed by atoms with Gasteiger partial charge in [-0.3, -0.25) is 4.79 Å². The third-order valence-corrected chi connectivity index (χ3v) is 2.06. The molecule has 0 aliphatic rings. The van der Waals surface area contributed by atoms with Crippen molar-refractivity contribution in [1.82, 2.24) is 4.72 Å². The maximum absolute atomic E-state index is 10.7. The first-order valence-corrected chi connectivity index (χ1v) is 5.43. The molecule has 1 unspecified atom stereocenters. The Morgan fingerprint density at radius 2 is 2.08 bits per heavy atom. The smallest absolute Gasteiger partial charge is 0.304 e. The van der Waals surface area contributed by atoms with Gasteiger partial charge >= 0.3 is 5.97 Å². The molecule has 0 heterocycles. The van der Waals surface area contributed by atoms with E-state index in [9.17, 15) is 13.2 Å². The molecule has 1 atom stereocenters. The first-order valence-electron chi connectivity index (χ1n) is 3.54. The van der Waals surface area contributed by atoms with E-state index in [-0.39, 0.29) is 6.42 Å². The van der Waals surface area contributed by atoms with Crippen molar-refractivity contribution in [2.45, 2.75) is 25.8 Å². The Labute approximate surface area is 71.8 Å². The van der Waals surface area contributed by atoms with Crippen LogP contribution in [0, 0.1) is 0 Å². The lowest BCUT2D eigenvalue weighted by atomic mass is 10.2. The van der Waals surface area contributed by atoms with Crippen LogP contribution in [0.5, 0.6) is 0 Å². The van der Waals surface area contributed by atoms with Crippen molar-refractivity contribution in [2.75, 3.05) is 6.26 Å². The summed E-state index contributed by atoms with van der Waals surface area (Å²) in [4.78, 5) is 10.2. The average Bonchev–Trinajstić information content (AvgIpc) is 1.82. The predicted molar refractivity (Wildman–Crippen MR) is 44.3 cm³/mol. The molecule has 0 aliphatic heterocycles. The van der Waals surface area contributed by atoms with Crippen LogP contribution in [-0.4, -0.2) is 31.8 Å². The van der Waals surface area contributed by atoms with E-state index in [1.165, 1.54) is 0 Å². The normalized spacial score (nSPS) is 14.2. The lowest BCUT2D eigenvalue weighted by Gasteiger charge is -2.11. The van der Waals surface area contributed by atoms with Crippen molar-refractivity contribution in [3.05, 3.63) is 0 Å². The van der Waals surface area contributed by atoms with E-state index >= 15 is 0 Å². The Morgan fingerprint density at radius 3 is 2.33 bits per heavy atom. The number of carbonyl (C=O) groups is 1. The molecular weight excluding hydrogens is 182 g/mol. The van der Waals surface area contributed by atoms with E-state index in [0.29, 0.717) is 6.42 Å². The molecule has 0 amide bonds. The molecule has 12 heavy (non-hydrogen) atoms. The third-order valence-electron chi connectivity index (χ3n) is 1.29. The van der Waals surface area contributed by atoms with Crippen LogP contribution in [-0.2, 0) is 14.8 Å². The number of aliphatic carboxylic acids is 1. The van der Waals surface area contributed by atoms with E-state index in [2.05, 4.69) is 4.72 Å². The van der Waals surface area contributed by atoms with Gasteiger partial charge < -0.3 is 5.11 Å². The van der Waals surface area contributed by atoms with Crippen LogP contribution in [0.1, 0.15) is 19.8 Å². The van der Waals surface area contributed by atoms with Crippen molar-refractivity contribution in [3.8, 4) is 0 Å². The van der Waals surface area contributed by atoms with Crippen molar-refractivity contribution >= 4 is 16.0 Å². The van der Waals surface area contributed by atoms with Crippen LogP contribution in [0.2, 0.25) is 0 Å². The molecular formula is C6H13NO4S. The van der Waals surface area contributed by atoms with Gasteiger partial charge in [-0.15, -0.1) is 0 Å². The lowest BCUT2D eigenvalue weighted by Crippen LogP contribution is -2.35. The highest BCUT2D eigenvalue weighted by Crippen LogP contribution is 1.98. The maximum Gasteiger partial charge on any atom is 0.304 e. The minimum Gasteiger partial charge on any atom is -0.481 e. The summed E-state index contributed by atoms with van der Waals surface area (Å²) in [6.07, 6.45) is 1.31. The standard InChI is InChI=1S/C6H13NO4S/c1-3-5(4-6(8)9)7-12(2,10)11/h5,7H,3-4H2,1-2H3,(H,8,9). The second-order valence-corrected chi connectivity index (χ2v) is 4.37. The first kappa shape index (κ1) is 11.4. The number of hydrogen-bond donors (Lipinski definition) is 2. The predicted octanol–water partition coefficient (Wildman–Crippen LogP) is -0.211. The van der Waals surface area contributed by atoms with Crippen LogP contribution in [0.15, 0.2) is 0 Å². The van der Waals surface area contributed by atoms with Gasteiger partial charge in [-0.05, 0) is 6.42 Å². The van der Waals surface area contributed by atoms with Gasteiger partial charge in [0.15, 0.2) is 0 Å². The topological polar surface area (TPSA) is 83.5 Å². The van der Waals surface area contributed by atoms with Crippen LogP contribution in [0.3, 0.4) is 0 Å². The Kier molecular flexibility index (Phi) is 4.19. The van der Waals surface area contributed by atoms with Gasteiger partial charge in [-0.25, -0.2) is 13.1 Å². The quantitative estimate of drug-likeness (QED) is 0.635. The third kappa shape index (κ3) is 6.11. The van der Waals surface area contributed by atoms with Crippen molar-refractivity contribution in [2.24, 2.45) is 0 Å². The highest BCUT2D eigenvalue weighted by Gasteiger charge is 2.14. The fourth-order valence-corrected chi connectivity index (χ4v) is 1.64. The van der Waals surface area contributed by atoms with Crippen LogP contribution < -0.4 is 4.72 Å². The lowest BCUT2D eigenvalue weighted by molar-refractivity contribution is -0.137. The van der Waals surface area contributed by atoms with E-state index in [4.69, 9.17) is 5.11 Å². The molecule has 0 aromatic rings. The molecule has 0 aromatic heterocycles. The summed E-state index contributed by atoms with van der Waals surface area (Å²) in [6, 6.07) is -0.502. The van der Waals surface area contributed by atoms with E-state index in [1.54, 1.807) is 6.92 Å². The molecule has 0 saturated heterocycles. The minimum absolute atomic E-state index is 0.177. The molecule has 6 heteroatoms. The minimum atomic E-state index is -3.29. The highest BCUT2D eigenvalue weighted by molar-refractivity contribution is 7.88. The fourth-order valence-electron chi connectivity index (χ4n) is 0.783. The number of rotatable bonds is 5. The monoisotopic (exact) mass is 195 g/mol. The molecule has 0 aliphatic carbocycles. The summed E-state index contributed by atoms with van der Waals surface area (Å²) in [5, 5.41) is 8.38. The molecule has 0 bridgehead atoms. The van der Waals surface area contributed by atoms with Crippen LogP contribution >= 0.6 is 0 Å². The highest BCUT2D eigenvalue weighted by atomic mass is 32.2. The Hall–Kier alpha value is -0.620. The summed E-state index contributed by atoms with van der Waals surface area (Å²) in [5.74, 6) is -1.00. The SMILES string of the molecule is CCC(CC(=O)O)NS(C)(=O)=O.